The molecular weight excluding hydrogens is 354 g/mol. The van der Waals surface area contributed by atoms with Crippen molar-refractivity contribution in [2.24, 2.45) is 0 Å². The van der Waals surface area contributed by atoms with Gasteiger partial charge in [-0.2, -0.15) is 0 Å². The van der Waals surface area contributed by atoms with Crippen LogP contribution >= 0.6 is 11.3 Å². The lowest BCUT2D eigenvalue weighted by Crippen LogP contribution is -2.42. The molecular formula is C21H25N5S. The molecule has 0 aliphatic carbocycles. The van der Waals surface area contributed by atoms with Crippen molar-refractivity contribution in [1.29, 1.82) is 0 Å². The number of pyridine rings is 1. The fourth-order valence-electron chi connectivity index (χ4n) is 3.34. The minimum absolute atomic E-state index is 0.855. The van der Waals surface area contributed by atoms with Gasteiger partial charge in [-0.3, -0.25) is 4.90 Å². The monoisotopic (exact) mass is 379 g/mol. The topological polar surface area (TPSA) is 53.1 Å². The molecule has 1 saturated heterocycles. The van der Waals surface area contributed by atoms with Crippen molar-refractivity contribution in [3.8, 4) is 11.3 Å². The van der Waals surface area contributed by atoms with E-state index in [4.69, 9.17) is 4.98 Å². The average Bonchev–Trinajstić information content (AvgIpc) is 3.07. The summed E-state index contributed by atoms with van der Waals surface area (Å²) < 4.78 is 0. The van der Waals surface area contributed by atoms with Crippen molar-refractivity contribution >= 4 is 22.3 Å². The summed E-state index contributed by atoms with van der Waals surface area (Å²) in [6.07, 6.45) is 1.89. The van der Waals surface area contributed by atoms with Gasteiger partial charge in [0.15, 0.2) is 5.13 Å². The summed E-state index contributed by atoms with van der Waals surface area (Å²) in [4.78, 5) is 13.0. The molecule has 1 aromatic carbocycles. The maximum absolute atomic E-state index is 4.87. The first-order valence-electron chi connectivity index (χ1n) is 9.36. The molecule has 140 valence electrons. The minimum atomic E-state index is 0.855. The fourth-order valence-corrected chi connectivity index (χ4v) is 4.02. The molecule has 0 radical (unpaired) electrons. The van der Waals surface area contributed by atoms with Gasteiger partial charge in [0, 0.05) is 49.4 Å². The summed E-state index contributed by atoms with van der Waals surface area (Å²) in [5, 5.41) is 7.69. The van der Waals surface area contributed by atoms with Crippen molar-refractivity contribution in [3.63, 3.8) is 0 Å². The summed E-state index contributed by atoms with van der Waals surface area (Å²) in [5.74, 6) is 0.855. The Hall–Kier alpha value is -2.28. The third-order valence-corrected chi connectivity index (χ3v) is 5.50. The van der Waals surface area contributed by atoms with E-state index in [1.54, 1.807) is 11.3 Å². The van der Waals surface area contributed by atoms with Crippen LogP contribution in [-0.4, -0.2) is 41.0 Å². The van der Waals surface area contributed by atoms with Crippen molar-refractivity contribution in [2.45, 2.75) is 20.4 Å². The third-order valence-electron chi connectivity index (χ3n) is 4.67. The van der Waals surface area contributed by atoms with Crippen LogP contribution in [0.15, 0.2) is 42.6 Å². The summed E-state index contributed by atoms with van der Waals surface area (Å²) in [7, 11) is 0. The van der Waals surface area contributed by atoms with E-state index in [9.17, 15) is 0 Å². The van der Waals surface area contributed by atoms with Gasteiger partial charge in [0.1, 0.15) is 5.82 Å². The van der Waals surface area contributed by atoms with E-state index in [1.165, 1.54) is 16.0 Å². The predicted molar refractivity (Wildman–Crippen MR) is 113 cm³/mol. The third kappa shape index (κ3) is 4.71. The molecule has 4 rings (SSSR count). The fraction of sp³-hybridized carbons (Fsp3) is 0.333. The highest BCUT2D eigenvalue weighted by Gasteiger charge is 2.13. The second-order valence-electron chi connectivity index (χ2n) is 7.04. The van der Waals surface area contributed by atoms with Gasteiger partial charge in [-0.15, -0.1) is 11.3 Å². The van der Waals surface area contributed by atoms with E-state index in [0.29, 0.717) is 0 Å². The number of aromatic nitrogens is 2. The number of rotatable bonds is 5. The summed E-state index contributed by atoms with van der Waals surface area (Å²) in [6, 6.07) is 12.9. The molecule has 3 heterocycles. The Labute approximate surface area is 164 Å². The Morgan fingerprint density at radius 1 is 1.15 bits per heavy atom. The van der Waals surface area contributed by atoms with Crippen LogP contribution in [0.2, 0.25) is 0 Å². The summed E-state index contributed by atoms with van der Waals surface area (Å²) >= 11 is 1.65. The van der Waals surface area contributed by atoms with Crippen LogP contribution in [0.1, 0.15) is 16.0 Å². The zero-order valence-corrected chi connectivity index (χ0v) is 16.6. The highest BCUT2D eigenvalue weighted by molar-refractivity contribution is 7.15. The average molecular weight is 380 g/mol. The highest BCUT2D eigenvalue weighted by atomic mass is 32.1. The number of anilines is 2. The van der Waals surface area contributed by atoms with E-state index in [-0.39, 0.29) is 0 Å². The van der Waals surface area contributed by atoms with Gasteiger partial charge < -0.3 is 10.6 Å². The normalized spacial score (nSPS) is 15.0. The van der Waals surface area contributed by atoms with Crippen LogP contribution in [0.5, 0.6) is 0 Å². The zero-order valence-electron chi connectivity index (χ0n) is 15.8. The van der Waals surface area contributed by atoms with Gasteiger partial charge in [0.25, 0.3) is 0 Å². The van der Waals surface area contributed by atoms with Gasteiger partial charge in [-0.25, -0.2) is 9.97 Å². The maximum atomic E-state index is 4.87. The Kier molecular flexibility index (Phi) is 5.48. The number of piperazine rings is 1. The molecule has 27 heavy (non-hydrogen) atoms. The lowest BCUT2D eigenvalue weighted by molar-refractivity contribution is 0.233. The number of thiazole rings is 1. The van der Waals surface area contributed by atoms with E-state index >= 15 is 0 Å². The van der Waals surface area contributed by atoms with Gasteiger partial charge in [-0.05, 0) is 37.6 Å². The molecule has 6 heteroatoms. The Balaban J connectivity index is 1.66. The predicted octanol–water partition coefficient (Wildman–Crippen LogP) is 3.97. The molecule has 1 fully saturated rings. The second kappa shape index (κ2) is 8.17. The van der Waals surface area contributed by atoms with Crippen molar-refractivity contribution in [3.05, 3.63) is 58.6 Å². The van der Waals surface area contributed by atoms with Gasteiger partial charge >= 0.3 is 0 Å². The van der Waals surface area contributed by atoms with Gasteiger partial charge in [0.05, 0.1) is 5.69 Å². The number of hydrogen-bond acceptors (Lipinski definition) is 6. The Bertz CT molecular complexity index is 914. The minimum Gasteiger partial charge on any atom is -0.316 e. The first kappa shape index (κ1) is 18.1. The molecule has 2 N–H and O–H groups in total. The van der Waals surface area contributed by atoms with Crippen molar-refractivity contribution in [2.75, 3.05) is 31.5 Å². The first-order chi connectivity index (χ1) is 13.2. The number of hydrogen-bond donors (Lipinski definition) is 2. The first-order valence-corrected chi connectivity index (χ1v) is 10.2. The number of nitrogens with one attached hydrogen (secondary N) is 2. The van der Waals surface area contributed by atoms with E-state index in [0.717, 1.165) is 54.9 Å². The molecule has 1 aliphatic heterocycles. The lowest BCUT2D eigenvalue weighted by atomic mass is 10.1. The van der Waals surface area contributed by atoms with Crippen molar-refractivity contribution < 1.29 is 0 Å². The number of nitrogens with zero attached hydrogens (tertiary/aromatic N) is 3. The van der Waals surface area contributed by atoms with Crippen LogP contribution in [0.25, 0.3) is 11.3 Å². The molecule has 0 saturated carbocycles. The number of benzene rings is 1. The highest BCUT2D eigenvalue weighted by Crippen LogP contribution is 2.26. The SMILES string of the molecule is Cc1cccc(-c2cc(CN3CCNCC3)cc(Nc3ncc(C)s3)n2)c1. The van der Waals surface area contributed by atoms with Crippen LogP contribution < -0.4 is 10.6 Å². The smallest absolute Gasteiger partial charge is 0.188 e. The van der Waals surface area contributed by atoms with Crippen molar-refractivity contribution in [1.82, 2.24) is 20.2 Å². The molecule has 1 aliphatic rings. The lowest BCUT2D eigenvalue weighted by Gasteiger charge is -2.27. The summed E-state index contributed by atoms with van der Waals surface area (Å²) in [5.41, 5.74) is 4.67. The molecule has 3 aromatic rings. The molecule has 0 bridgehead atoms. The number of aryl methyl sites for hydroxylation is 2. The Morgan fingerprint density at radius 3 is 2.74 bits per heavy atom. The molecule has 0 amide bonds. The second-order valence-corrected chi connectivity index (χ2v) is 8.28. The van der Waals surface area contributed by atoms with Crippen LogP contribution in [0.4, 0.5) is 10.9 Å². The van der Waals surface area contributed by atoms with Crippen LogP contribution in [-0.2, 0) is 6.54 Å². The molecule has 0 unspecified atom stereocenters. The van der Waals surface area contributed by atoms with Crippen LogP contribution in [0.3, 0.4) is 0 Å². The van der Waals surface area contributed by atoms with Gasteiger partial charge in [-0.1, -0.05) is 23.8 Å². The van der Waals surface area contributed by atoms with E-state index in [2.05, 4.69) is 70.8 Å². The Morgan fingerprint density at radius 2 is 2.00 bits per heavy atom. The summed E-state index contributed by atoms with van der Waals surface area (Å²) in [6.45, 7) is 9.39. The van der Waals surface area contributed by atoms with E-state index < -0.39 is 0 Å². The zero-order chi connectivity index (χ0) is 18.6. The van der Waals surface area contributed by atoms with Gasteiger partial charge in [0.2, 0.25) is 0 Å². The van der Waals surface area contributed by atoms with E-state index in [1.807, 2.05) is 6.20 Å². The molecule has 2 aromatic heterocycles. The maximum Gasteiger partial charge on any atom is 0.188 e. The standard InChI is InChI=1S/C21H25N5S/c1-15-4-3-5-18(10-15)19-11-17(14-26-8-6-22-7-9-26)12-20(24-19)25-21-23-13-16(2)27-21/h3-5,10-13,22H,6-9,14H2,1-2H3,(H,23,24,25). The molecule has 0 spiro atoms. The molecule has 5 nitrogen and oxygen atoms in total. The quantitative estimate of drug-likeness (QED) is 0.702. The largest absolute Gasteiger partial charge is 0.316 e. The van der Waals surface area contributed by atoms with Crippen LogP contribution in [0, 0.1) is 13.8 Å². The molecule has 0 atom stereocenters.